The van der Waals surface area contributed by atoms with Gasteiger partial charge in [-0.25, -0.2) is 0 Å². The Hall–Kier alpha value is -0.790. The number of rotatable bonds is 4. The molecule has 0 aromatic heterocycles. The molecule has 0 N–H and O–H groups in total. The molecule has 0 aromatic rings. The molecular weight excluding hydrogens is 236 g/mol. The van der Waals surface area contributed by atoms with Crippen LogP contribution in [0.3, 0.4) is 0 Å². The fraction of sp³-hybridized carbons (Fsp3) is 0.824. The first kappa shape index (κ1) is 14.6. The number of hydrogen-bond acceptors (Lipinski definition) is 2. The zero-order chi connectivity index (χ0) is 13.8. The Morgan fingerprint density at radius 3 is 2.68 bits per heavy atom. The third-order valence-corrected chi connectivity index (χ3v) is 5.19. The minimum absolute atomic E-state index is 0.00101. The van der Waals surface area contributed by atoms with Gasteiger partial charge in [-0.05, 0) is 62.2 Å². The summed E-state index contributed by atoms with van der Waals surface area (Å²) in [5.74, 6) is 3.15. The van der Waals surface area contributed by atoms with Crippen LogP contribution in [0.2, 0.25) is 0 Å². The van der Waals surface area contributed by atoms with Crippen LogP contribution in [-0.2, 0) is 9.53 Å². The van der Waals surface area contributed by atoms with Gasteiger partial charge in [0.1, 0.15) is 0 Å². The topological polar surface area (TPSA) is 26.3 Å². The summed E-state index contributed by atoms with van der Waals surface area (Å²) in [4.78, 5) is 11.6. The molecule has 2 nitrogen and oxygen atoms in total. The molecule has 2 unspecified atom stereocenters. The first-order valence-corrected chi connectivity index (χ1v) is 7.86. The van der Waals surface area contributed by atoms with Gasteiger partial charge in [0.15, 0.2) is 0 Å². The third-order valence-electron chi connectivity index (χ3n) is 5.19. The van der Waals surface area contributed by atoms with Crippen LogP contribution in [0.4, 0.5) is 0 Å². The van der Waals surface area contributed by atoms with E-state index in [-0.39, 0.29) is 11.9 Å². The highest BCUT2D eigenvalue weighted by atomic mass is 16.5. The van der Waals surface area contributed by atoms with Crippen LogP contribution >= 0.6 is 0 Å². The molecule has 0 bridgehead atoms. The van der Waals surface area contributed by atoms with E-state index in [0.29, 0.717) is 0 Å². The zero-order valence-corrected chi connectivity index (χ0v) is 12.6. The molecule has 0 spiro atoms. The predicted molar refractivity (Wildman–Crippen MR) is 77.7 cm³/mol. The van der Waals surface area contributed by atoms with Crippen LogP contribution in [0.1, 0.15) is 52.4 Å². The van der Waals surface area contributed by atoms with Crippen LogP contribution in [0, 0.1) is 29.6 Å². The number of carbonyl (C=O) groups excluding carboxylic acids is 1. The molecule has 1 fully saturated rings. The van der Waals surface area contributed by atoms with E-state index in [9.17, 15) is 4.79 Å². The van der Waals surface area contributed by atoms with E-state index >= 15 is 0 Å². The van der Waals surface area contributed by atoms with Gasteiger partial charge in [-0.3, -0.25) is 4.79 Å². The predicted octanol–water partition coefficient (Wildman–Crippen LogP) is 4.20. The molecule has 0 aromatic carbocycles. The molecule has 0 heterocycles. The summed E-state index contributed by atoms with van der Waals surface area (Å²) in [5, 5.41) is 0. The Morgan fingerprint density at radius 1 is 1.26 bits per heavy atom. The molecule has 2 aliphatic carbocycles. The maximum atomic E-state index is 11.6. The molecule has 0 saturated heterocycles. The van der Waals surface area contributed by atoms with Crippen molar-refractivity contribution in [1.29, 1.82) is 0 Å². The molecular formula is C17H28O2. The third kappa shape index (κ3) is 3.84. The second-order valence-electron chi connectivity index (χ2n) is 6.71. The number of carbonyl (C=O) groups is 1. The van der Waals surface area contributed by atoms with Gasteiger partial charge < -0.3 is 4.74 Å². The minimum atomic E-state index is 0.00101. The first-order chi connectivity index (χ1) is 9.10. The number of allylic oxidation sites excluding steroid dienone is 2. The maximum absolute atomic E-state index is 11.6. The first-order valence-electron chi connectivity index (χ1n) is 7.86. The summed E-state index contributed by atoms with van der Waals surface area (Å²) in [6.45, 7) is 4.67. The van der Waals surface area contributed by atoms with Crippen LogP contribution in [-0.4, -0.2) is 13.1 Å². The Balaban J connectivity index is 1.80. The fourth-order valence-corrected chi connectivity index (χ4v) is 3.80. The van der Waals surface area contributed by atoms with E-state index < -0.39 is 0 Å². The lowest BCUT2D eigenvalue weighted by molar-refractivity contribution is -0.145. The van der Waals surface area contributed by atoms with Crippen molar-refractivity contribution in [3.05, 3.63) is 12.2 Å². The number of methoxy groups -OCH3 is 1. The molecule has 0 aliphatic heterocycles. The second-order valence-corrected chi connectivity index (χ2v) is 6.71. The lowest BCUT2D eigenvalue weighted by Gasteiger charge is -2.26. The van der Waals surface area contributed by atoms with Gasteiger partial charge >= 0.3 is 5.97 Å². The molecule has 0 radical (unpaired) electrons. The van der Waals surface area contributed by atoms with Crippen molar-refractivity contribution < 1.29 is 9.53 Å². The molecule has 2 aliphatic rings. The highest BCUT2D eigenvalue weighted by Gasteiger charge is 2.34. The number of esters is 1. The van der Waals surface area contributed by atoms with Crippen molar-refractivity contribution in [3.63, 3.8) is 0 Å². The van der Waals surface area contributed by atoms with Crippen LogP contribution in [0.15, 0.2) is 12.2 Å². The van der Waals surface area contributed by atoms with Gasteiger partial charge in [-0.1, -0.05) is 26.0 Å². The van der Waals surface area contributed by atoms with Crippen LogP contribution in [0.5, 0.6) is 0 Å². The molecule has 108 valence electrons. The lowest BCUT2D eigenvalue weighted by atomic mass is 9.79. The normalized spacial score (nSPS) is 36.2. The smallest absolute Gasteiger partial charge is 0.308 e. The second kappa shape index (κ2) is 6.58. The molecule has 2 rings (SSSR count). The Kier molecular flexibility index (Phi) is 5.06. The summed E-state index contributed by atoms with van der Waals surface area (Å²) >= 11 is 0. The van der Waals surface area contributed by atoms with Crippen molar-refractivity contribution in [2.24, 2.45) is 29.6 Å². The SMILES string of the molecule is COC(=O)[C@@H]1CC[C@@H](C(C)CC2C=C[C@@H](C)CC2)C1. The monoisotopic (exact) mass is 264 g/mol. The Bertz CT molecular complexity index is 334. The van der Waals surface area contributed by atoms with Gasteiger partial charge in [0, 0.05) is 0 Å². The van der Waals surface area contributed by atoms with Crippen molar-refractivity contribution in [1.82, 2.24) is 0 Å². The highest BCUT2D eigenvalue weighted by Crippen LogP contribution is 2.40. The van der Waals surface area contributed by atoms with E-state index in [2.05, 4.69) is 26.0 Å². The van der Waals surface area contributed by atoms with Crippen molar-refractivity contribution >= 4 is 5.97 Å². The number of hydrogen-bond donors (Lipinski definition) is 0. The lowest BCUT2D eigenvalue weighted by Crippen LogP contribution is -2.17. The van der Waals surface area contributed by atoms with Crippen LogP contribution < -0.4 is 0 Å². The Labute approximate surface area is 117 Å². The van der Waals surface area contributed by atoms with Crippen molar-refractivity contribution in [2.45, 2.75) is 52.4 Å². The summed E-state index contributed by atoms with van der Waals surface area (Å²) in [7, 11) is 1.51. The molecule has 2 heteroatoms. The van der Waals surface area contributed by atoms with E-state index in [0.717, 1.165) is 36.5 Å². The standard InChI is InChI=1S/C17H28O2/c1-12-4-6-14(7-5-12)10-13(2)15-8-9-16(11-15)17(18)19-3/h4,6,12-16H,5,7-11H2,1-3H3/t12-,13?,14?,15-,16-/m1/s1. The van der Waals surface area contributed by atoms with Gasteiger partial charge in [-0.15, -0.1) is 0 Å². The molecule has 0 amide bonds. The average molecular weight is 264 g/mol. The molecule has 1 saturated carbocycles. The van der Waals surface area contributed by atoms with Crippen LogP contribution in [0.25, 0.3) is 0 Å². The van der Waals surface area contributed by atoms with Gasteiger partial charge in [0.25, 0.3) is 0 Å². The highest BCUT2D eigenvalue weighted by molar-refractivity contribution is 5.72. The van der Waals surface area contributed by atoms with E-state index in [1.54, 1.807) is 0 Å². The van der Waals surface area contributed by atoms with Crippen molar-refractivity contribution in [3.8, 4) is 0 Å². The Morgan fingerprint density at radius 2 is 2.05 bits per heavy atom. The molecule has 19 heavy (non-hydrogen) atoms. The zero-order valence-electron chi connectivity index (χ0n) is 12.6. The van der Waals surface area contributed by atoms with E-state index in [1.165, 1.54) is 32.8 Å². The average Bonchev–Trinajstić information content (AvgIpc) is 2.90. The fourth-order valence-electron chi connectivity index (χ4n) is 3.80. The van der Waals surface area contributed by atoms with Gasteiger partial charge in [0.2, 0.25) is 0 Å². The largest absolute Gasteiger partial charge is 0.469 e. The summed E-state index contributed by atoms with van der Waals surface area (Å²) in [5.41, 5.74) is 0. The summed E-state index contributed by atoms with van der Waals surface area (Å²) in [6.07, 6.45) is 12.1. The minimum Gasteiger partial charge on any atom is -0.469 e. The summed E-state index contributed by atoms with van der Waals surface area (Å²) in [6, 6.07) is 0. The quantitative estimate of drug-likeness (QED) is 0.562. The summed E-state index contributed by atoms with van der Waals surface area (Å²) < 4.78 is 4.87. The van der Waals surface area contributed by atoms with Gasteiger partial charge in [-0.2, -0.15) is 0 Å². The maximum Gasteiger partial charge on any atom is 0.308 e. The molecule has 5 atom stereocenters. The number of ether oxygens (including phenoxy) is 1. The van der Waals surface area contributed by atoms with E-state index in [1.807, 2.05) is 0 Å². The van der Waals surface area contributed by atoms with Gasteiger partial charge in [0.05, 0.1) is 13.0 Å². The van der Waals surface area contributed by atoms with Crippen molar-refractivity contribution in [2.75, 3.05) is 7.11 Å². The van der Waals surface area contributed by atoms with E-state index in [4.69, 9.17) is 4.74 Å².